The smallest absolute Gasteiger partial charge is 0.354 e. The third-order valence-electron chi connectivity index (χ3n) is 2.61. The summed E-state index contributed by atoms with van der Waals surface area (Å²) < 4.78 is 39.5. The van der Waals surface area contributed by atoms with Crippen LogP contribution in [-0.2, 0) is 10.0 Å². The van der Waals surface area contributed by atoms with Gasteiger partial charge in [0, 0.05) is 5.69 Å². The molecule has 2 aromatic rings. The normalized spacial score (nSPS) is 11.4. The minimum Gasteiger partial charge on any atom is -0.477 e. The Labute approximate surface area is 124 Å². The number of benzene rings is 1. The minimum atomic E-state index is -4.08. The molecule has 112 valence electrons. The van der Waals surface area contributed by atoms with Gasteiger partial charge in [-0.05, 0) is 31.2 Å². The third-order valence-corrected chi connectivity index (χ3v) is 4.26. The first-order valence-electron chi connectivity index (χ1n) is 5.61. The Morgan fingerprint density at radius 1 is 1.38 bits per heavy atom. The summed E-state index contributed by atoms with van der Waals surface area (Å²) in [5.74, 6) is -2.06. The van der Waals surface area contributed by atoms with Gasteiger partial charge in [-0.15, -0.1) is 0 Å². The number of anilines is 1. The van der Waals surface area contributed by atoms with Crippen LogP contribution in [0.1, 0.15) is 16.2 Å². The number of aryl methyl sites for hydroxylation is 1. The molecule has 0 saturated carbocycles. The largest absolute Gasteiger partial charge is 0.477 e. The average Bonchev–Trinajstić information content (AvgIpc) is 2.73. The number of nitrogens with one attached hydrogen (secondary N) is 2. The first-order chi connectivity index (χ1) is 9.70. The van der Waals surface area contributed by atoms with Crippen molar-refractivity contribution in [2.75, 3.05) is 4.72 Å². The van der Waals surface area contributed by atoms with E-state index in [2.05, 4.69) is 9.71 Å². The third kappa shape index (κ3) is 3.17. The summed E-state index contributed by atoms with van der Waals surface area (Å²) in [6, 6.07) is 4.23. The highest BCUT2D eigenvalue weighted by Crippen LogP contribution is 2.24. The van der Waals surface area contributed by atoms with Crippen molar-refractivity contribution in [2.24, 2.45) is 0 Å². The number of rotatable bonds is 4. The molecule has 0 radical (unpaired) electrons. The van der Waals surface area contributed by atoms with Crippen molar-refractivity contribution >= 4 is 33.3 Å². The molecule has 2 rings (SSSR count). The predicted molar refractivity (Wildman–Crippen MR) is 74.7 cm³/mol. The summed E-state index contributed by atoms with van der Waals surface area (Å²) in [6.45, 7) is 1.58. The number of hydrogen-bond acceptors (Lipinski definition) is 3. The first-order valence-corrected chi connectivity index (χ1v) is 7.47. The molecule has 9 heteroatoms. The average molecular weight is 333 g/mol. The summed E-state index contributed by atoms with van der Waals surface area (Å²) in [4.78, 5) is 13.3. The first kappa shape index (κ1) is 15.3. The van der Waals surface area contributed by atoms with Crippen LogP contribution in [0.25, 0.3) is 0 Å². The van der Waals surface area contributed by atoms with Crippen LogP contribution in [0.5, 0.6) is 0 Å². The lowest BCUT2D eigenvalue weighted by molar-refractivity contribution is 0.0692. The molecule has 21 heavy (non-hydrogen) atoms. The number of aromatic amines is 1. The van der Waals surface area contributed by atoms with Gasteiger partial charge in [0.2, 0.25) is 0 Å². The number of carboxylic acid groups (broad SMARTS) is 1. The highest BCUT2D eigenvalue weighted by molar-refractivity contribution is 7.92. The minimum absolute atomic E-state index is 0.111. The van der Waals surface area contributed by atoms with E-state index in [1.165, 1.54) is 6.07 Å². The molecule has 0 bridgehead atoms. The molecule has 0 spiro atoms. The van der Waals surface area contributed by atoms with E-state index in [0.717, 1.165) is 18.2 Å². The molecular formula is C12H10ClFN2O4S. The molecule has 3 N–H and O–H groups in total. The van der Waals surface area contributed by atoms with Gasteiger partial charge in [0.25, 0.3) is 10.0 Å². The second kappa shape index (κ2) is 5.38. The van der Waals surface area contributed by atoms with Crippen LogP contribution in [0.4, 0.5) is 10.1 Å². The van der Waals surface area contributed by atoms with E-state index in [0.29, 0.717) is 5.69 Å². The van der Waals surface area contributed by atoms with Gasteiger partial charge >= 0.3 is 5.97 Å². The molecule has 0 atom stereocenters. The lowest BCUT2D eigenvalue weighted by Crippen LogP contribution is -2.15. The second-order valence-corrected chi connectivity index (χ2v) is 6.32. The number of carboxylic acids is 1. The van der Waals surface area contributed by atoms with E-state index >= 15 is 0 Å². The van der Waals surface area contributed by atoms with Crippen molar-refractivity contribution in [3.63, 3.8) is 0 Å². The summed E-state index contributed by atoms with van der Waals surface area (Å²) in [5, 5.41) is 8.64. The molecule has 1 heterocycles. The van der Waals surface area contributed by atoms with Crippen LogP contribution in [-0.4, -0.2) is 24.5 Å². The SMILES string of the molecule is Cc1cc(NS(=O)(=O)c2ccc(F)c(Cl)c2)c(C(=O)O)[nH]1. The van der Waals surface area contributed by atoms with E-state index in [4.69, 9.17) is 16.7 Å². The lowest BCUT2D eigenvalue weighted by atomic mass is 10.3. The Balaban J connectivity index is 2.42. The van der Waals surface area contributed by atoms with Crippen LogP contribution >= 0.6 is 11.6 Å². The van der Waals surface area contributed by atoms with Crippen molar-refractivity contribution in [1.29, 1.82) is 0 Å². The van der Waals surface area contributed by atoms with E-state index in [1.807, 2.05) is 0 Å². The van der Waals surface area contributed by atoms with Gasteiger partial charge in [0.15, 0.2) is 0 Å². The van der Waals surface area contributed by atoms with E-state index in [-0.39, 0.29) is 21.3 Å². The maximum absolute atomic E-state index is 13.1. The number of halogens is 2. The van der Waals surface area contributed by atoms with Crippen LogP contribution in [0.3, 0.4) is 0 Å². The summed E-state index contributed by atoms with van der Waals surface area (Å²) in [7, 11) is -4.08. The molecular weight excluding hydrogens is 323 g/mol. The van der Waals surface area contributed by atoms with Crippen molar-refractivity contribution in [3.05, 3.63) is 46.5 Å². The maximum Gasteiger partial charge on any atom is 0.354 e. The fourth-order valence-electron chi connectivity index (χ4n) is 1.69. The molecule has 1 aromatic heterocycles. The molecule has 6 nitrogen and oxygen atoms in total. The van der Waals surface area contributed by atoms with Crippen molar-refractivity contribution in [3.8, 4) is 0 Å². The predicted octanol–water partition coefficient (Wildman–Crippen LogP) is 2.61. The quantitative estimate of drug-likeness (QED) is 0.801. The summed E-state index contributed by atoms with van der Waals surface area (Å²) in [6.07, 6.45) is 0. The standard InChI is InChI=1S/C12H10ClFN2O4S/c1-6-4-10(11(15-6)12(17)18)16-21(19,20)7-2-3-9(14)8(13)5-7/h2-5,15-16H,1H3,(H,17,18). The van der Waals surface area contributed by atoms with Gasteiger partial charge < -0.3 is 10.1 Å². The molecule has 1 aromatic carbocycles. The number of aromatic carboxylic acids is 1. The van der Waals surface area contributed by atoms with Crippen LogP contribution in [0.2, 0.25) is 5.02 Å². The second-order valence-electron chi connectivity index (χ2n) is 4.23. The van der Waals surface area contributed by atoms with Gasteiger partial charge in [-0.25, -0.2) is 17.6 Å². The zero-order valence-electron chi connectivity index (χ0n) is 10.6. The molecule has 0 aliphatic heterocycles. The number of H-pyrrole nitrogens is 1. The zero-order valence-corrected chi connectivity index (χ0v) is 12.2. The molecule has 0 amide bonds. The fraction of sp³-hybridized carbons (Fsp3) is 0.0833. The molecule has 0 saturated heterocycles. The number of carbonyl (C=O) groups is 1. The number of aromatic nitrogens is 1. The van der Waals surface area contributed by atoms with E-state index in [9.17, 15) is 17.6 Å². The Morgan fingerprint density at radius 3 is 2.62 bits per heavy atom. The summed E-state index contributed by atoms with van der Waals surface area (Å²) in [5.41, 5.74) is 0.0759. The Kier molecular flexibility index (Phi) is 3.93. The van der Waals surface area contributed by atoms with Gasteiger partial charge in [-0.1, -0.05) is 11.6 Å². The van der Waals surface area contributed by atoms with Crippen LogP contribution < -0.4 is 4.72 Å². The molecule has 0 aliphatic rings. The van der Waals surface area contributed by atoms with E-state index < -0.39 is 21.8 Å². The van der Waals surface area contributed by atoms with Crippen molar-refractivity contribution in [2.45, 2.75) is 11.8 Å². The Bertz CT molecular complexity index is 817. The van der Waals surface area contributed by atoms with Crippen molar-refractivity contribution in [1.82, 2.24) is 4.98 Å². The Morgan fingerprint density at radius 2 is 2.05 bits per heavy atom. The van der Waals surface area contributed by atoms with E-state index in [1.54, 1.807) is 6.92 Å². The highest BCUT2D eigenvalue weighted by atomic mass is 35.5. The lowest BCUT2D eigenvalue weighted by Gasteiger charge is -2.08. The van der Waals surface area contributed by atoms with Crippen molar-refractivity contribution < 1.29 is 22.7 Å². The van der Waals surface area contributed by atoms with Gasteiger partial charge in [0.05, 0.1) is 15.6 Å². The maximum atomic E-state index is 13.1. The number of hydrogen-bond donors (Lipinski definition) is 3. The monoisotopic (exact) mass is 332 g/mol. The van der Waals surface area contributed by atoms with Gasteiger partial charge in [-0.2, -0.15) is 0 Å². The fourth-order valence-corrected chi connectivity index (χ4v) is 3.02. The zero-order chi connectivity index (χ0) is 15.8. The summed E-state index contributed by atoms with van der Waals surface area (Å²) >= 11 is 5.54. The Hall–Kier alpha value is -2.06. The van der Waals surface area contributed by atoms with Crippen LogP contribution in [0.15, 0.2) is 29.2 Å². The number of sulfonamides is 1. The highest BCUT2D eigenvalue weighted by Gasteiger charge is 2.21. The molecule has 0 unspecified atom stereocenters. The molecule has 0 aliphatic carbocycles. The van der Waals surface area contributed by atoms with Gasteiger partial charge in [-0.3, -0.25) is 4.72 Å². The molecule has 0 fully saturated rings. The topological polar surface area (TPSA) is 99.3 Å². The van der Waals surface area contributed by atoms with Gasteiger partial charge in [0.1, 0.15) is 11.5 Å². The van der Waals surface area contributed by atoms with Crippen LogP contribution in [0, 0.1) is 12.7 Å².